The van der Waals surface area contributed by atoms with Crippen molar-refractivity contribution in [3.05, 3.63) is 0 Å². The average molecular weight is 232 g/mol. The van der Waals surface area contributed by atoms with Gasteiger partial charge in [0, 0.05) is 45.0 Å². The van der Waals surface area contributed by atoms with E-state index >= 15 is 0 Å². The lowest BCUT2D eigenvalue weighted by atomic mass is 10.2. The fraction of sp³-hybridized carbons (Fsp3) is 1.00. The van der Waals surface area contributed by atoms with Crippen LogP contribution in [0.25, 0.3) is 0 Å². The maximum absolute atomic E-state index is 5.26. The van der Waals surface area contributed by atoms with E-state index in [1.54, 1.807) is 0 Å². The summed E-state index contributed by atoms with van der Waals surface area (Å²) in [7, 11) is 0. The van der Waals surface area contributed by atoms with Crippen molar-refractivity contribution in [1.82, 2.24) is 9.80 Å². The second-order valence-corrected chi connectivity index (χ2v) is 4.88. The standard InChI is InChI=1S/C11H24N2OS/c1-11(2)13-8-6-12(7-9-13)5-4-10-14-15-3/h11H,4-10H2,1-3H3. The van der Waals surface area contributed by atoms with E-state index in [0.29, 0.717) is 6.04 Å². The molecule has 1 fully saturated rings. The second kappa shape index (κ2) is 7.49. The number of hydrogen-bond donors (Lipinski definition) is 0. The van der Waals surface area contributed by atoms with Gasteiger partial charge in [-0.05, 0) is 32.3 Å². The summed E-state index contributed by atoms with van der Waals surface area (Å²) in [6.45, 7) is 11.5. The molecule has 4 heteroatoms. The van der Waals surface area contributed by atoms with Gasteiger partial charge in [-0.1, -0.05) is 0 Å². The molecule has 0 atom stereocenters. The maximum atomic E-state index is 5.26. The molecule has 15 heavy (non-hydrogen) atoms. The minimum absolute atomic E-state index is 0.701. The first-order chi connectivity index (χ1) is 7.24. The fourth-order valence-electron chi connectivity index (χ4n) is 1.93. The smallest absolute Gasteiger partial charge is 0.0625 e. The SMILES string of the molecule is CSOCCCN1CCN(C(C)C)CC1. The predicted molar refractivity (Wildman–Crippen MR) is 67.2 cm³/mol. The summed E-state index contributed by atoms with van der Waals surface area (Å²) in [5.74, 6) is 0. The van der Waals surface area contributed by atoms with Crippen LogP contribution in [0.5, 0.6) is 0 Å². The molecule has 0 amide bonds. The van der Waals surface area contributed by atoms with Gasteiger partial charge in [-0.3, -0.25) is 4.90 Å². The summed E-state index contributed by atoms with van der Waals surface area (Å²) in [6, 6.07) is 0.701. The van der Waals surface area contributed by atoms with Crippen molar-refractivity contribution in [3.63, 3.8) is 0 Å². The number of nitrogens with zero attached hydrogens (tertiary/aromatic N) is 2. The largest absolute Gasteiger partial charge is 0.316 e. The first kappa shape index (κ1) is 13.3. The van der Waals surface area contributed by atoms with Gasteiger partial charge in [0.2, 0.25) is 0 Å². The fourth-order valence-corrected chi connectivity index (χ4v) is 2.22. The van der Waals surface area contributed by atoms with Crippen LogP contribution in [-0.2, 0) is 4.18 Å². The van der Waals surface area contributed by atoms with Crippen LogP contribution in [0.1, 0.15) is 20.3 Å². The number of piperazine rings is 1. The van der Waals surface area contributed by atoms with Gasteiger partial charge in [0.05, 0.1) is 6.61 Å². The Bertz CT molecular complexity index is 159. The molecule has 0 aromatic carbocycles. The second-order valence-electron chi connectivity index (χ2n) is 4.31. The molecule has 0 aromatic rings. The molecule has 90 valence electrons. The lowest BCUT2D eigenvalue weighted by Crippen LogP contribution is -2.49. The van der Waals surface area contributed by atoms with Crippen molar-refractivity contribution in [1.29, 1.82) is 0 Å². The van der Waals surface area contributed by atoms with Gasteiger partial charge in [0.25, 0.3) is 0 Å². The van der Waals surface area contributed by atoms with E-state index in [4.69, 9.17) is 4.18 Å². The van der Waals surface area contributed by atoms with Crippen molar-refractivity contribution in [3.8, 4) is 0 Å². The first-order valence-corrected chi connectivity index (χ1v) is 7.01. The van der Waals surface area contributed by atoms with Crippen LogP contribution in [0.4, 0.5) is 0 Å². The van der Waals surface area contributed by atoms with Crippen molar-refractivity contribution >= 4 is 12.0 Å². The monoisotopic (exact) mass is 232 g/mol. The summed E-state index contributed by atoms with van der Waals surface area (Å²) in [5, 5.41) is 0. The minimum Gasteiger partial charge on any atom is -0.316 e. The minimum atomic E-state index is 0.701. The summed E-state index contributed by atoms with van der Waals surface area (Å²) in [4.78, 5) is 5.09. The van der Waals surface area contributed by atoms with Crippen LogP contribution in [0.15, 0.2) is 0 Å². The van der Waals surface area contributed by atoms with Crippen molar-refractivity contribution < 1.29 is 4.18 Å². The molecule has 0 aliphatic carbocycles. The van der Waals surface area contributed by atoms with Gasteiger partial charge in [-0.15, -0.1) is 0 Å². The molecule has 0 saturated carbocycles. The highest BCUT2D eigenvalue weighted by Gasteiger charge is 2.17. The third-order valence-electron chi connectivity index (χ3n) is 2.96. The Labute approximate surface area is 98.3 Å². The molecule has 1 saturated heterocycles. The summed E-state index contributed by atoms with van der Waals surface area (Å²) in [6.07, 6.45) is 3.13. The topological polar surface area (TPSA) is 15.7 Å². The third-order valence-corrected chi connectivity index (χ3v) is 3.36. The van der Waals surface area contributed by atoms with E-state index in [1.807, 2.05) is 6.26 Å². The normalized spacial score (nSPS) is 20.0. The molecule has 1 rings (SSSR count). The maximum Gasteiger partial charge on any atom is 0.0625 e. The van der Waals surface area contributed by atoms with Gasteiger partial charge in [0.1, 0.15) is 0 Å². The molecule has 3 nitrogen and oxygen atoms in total. The van der Waals surface area contributed by atoms with Crippen molar-refractivity contribution in [2.24, 2.45) is 0 Å². The molecule has 0 N–H and O–H groups in total. The Balaban J connectivity index is 2.04. The summed E-state index contributed by atoms with van der Waals surface area (Å²) in [5.41, 5.74) is 0. The highest BCUT2D eigenvalue weighted by molar-refractivity contribution is 7.93. The van der Waals surface area contributed by atoms with E-state index in [2.05, 4.69) is 23.6 Å². The van der Waals surface area contributed by atoms with Crippen LogP contribution in [0, 0.1) is 0 Å². The molecule has 0 aromatic heterocycles. The number of rotatable bonds is 6. The Morgan fingerprint density at radius 3 is 2.40 bits per heavy atom. The zero-order valence-corrected chi connectivity index (χ0v) is 11.1. The van der Waals surface area contributed by atoms with E-state index in [0.717, 1.165) is 13.0 Å². The molecule has 1 aliphatic rings. The predicted octanol–water partition coefficient (Wildman–Crippen LogP) is 1.70. The molecule has 1 aliphatic heterocycles. The van der Waals surface area contributed by atoms with Crippen LogP contribution < -0.4 is 0 Å². The van der Waals surface area contributed by atoms with Crippen LogP contribution in [-0.4, -0.2) is 61.4 Å². The molecular formula is C11H24N2OS. The quantitative estimate of drug-likeness (QED) is 0.511. The average Bonchev–Trinajstić information content (AvgIpc) is 2.25. The molecule has 0 bridgehead atoms. The Kier molecular flexibility index (Phi) is 6.64. The zero-order valence-electron chi connectivity index (χ0n) is 10.2. The van der Waals surface area contributed by atoms with Crippen LogP contribution in [0.2, 0.25) is 0 Å². The van der Waals surface area contributed by atoms with Crippen molar-refractivity contribution in [2.45, 2.75) is 26.3 Å². The van der Waals surface area contributed by atoms with E-state index in [-0.39, 0.29) is 0 Å². The lowest BCUT2D eigenvalue weighted by Gasteiger charge is -2.36. The third kappa shape index (κ3) is 5.20. The van der Waals surface area contributed by atoms with Crippen LogP contribution in [0.3, 0.4) is 0 Å². The molecule has 0 radical (unpaired) electrons. The molecule has 0 unspecified atom stereocenters. The lowest BCUT2D eigenvalue weighted by molar-refractivity contribution is 0.105. The van der Waals surface area contributed by atoms with Gasteiger partial charge in [-0.25, -0.2) is 0 Å². The molecule has 1 heterocycles. The van der Waals surface area contributed by atoms with Gasteiger partial charge in [0.15, 0.2) is 0 Å². The summed E-state index contributed by atoms with van der Waals surface area (Å²) < 4.78 is 5.26. The van der Waals surface area contributed by atoms with E-state index in [1.165, 1.54) is 44.8 Å². The highest BCUT2D eigenvalue weighted by Crippen LogP contribution is 2.06. The Morgan fingerprint density at radius 1 is 1.20 bits per heavy atom. The molecule has 0 spiro atoms. The zero-order chi connectivity index (χ0) is 11.1. The van der Waals surface area contributed by atoms with Gasteiger partial charge < -0.3 is 9.08 Å². The van der Waals surface area contributed by atoms with E-state index in [9.17, 15) is 0 Å². The first-order valence-electron chi connectivity index (χ1n) is 5.86. The highest BCUT2D eigenvalue weighted by atomic mass is 32.2. The Morgan fingerprint density at radius 2 is 1.87 bits per heavy atom. The van der Waals surface area contributed by atoms with Gasteiger partial charge in [-0.2, -0.15) is 0 Å². The number of hydrogen-bond acceptors (Lipinski definition) is 4. The molecular weight excluding hydrogens is 208 g/mol. The Hall–Kier alpha value is 0.230. The van der Waals surface area contributed by atoms with Crippen LogP contribution >= 0.6 is 12.0 Å². The van der Waals surface area contributed by atoms with Crippen molar-refractivity contribution in [2.75, 3.05) is 45.6 Å². The van der Waals surface area contributed by atoms with Gasteiger partial charge >= 0.3 is 0 Å². The summed E-state index contributed by atoms with van der Waals surface area (Å²) >= 11 is 1.47. The van der Waals surface area contributed by atoms with E-state index < -0.39 is 0 Å².